The Morgan fingerprint density at radius 3 is 2.56 bits per heavy atom. The predicted octanol–water partition coefficient (Wildman–Crippen LogP) is 4.27. The zero-order valence-electron chi connectivity index (χ0n) is 17.4. The monoisotopic (exact) mass is 489 g/mol. The van der Waals surface area contributed by atoms with Crippen molar-refractivity contribution in [3.8, 4) is 5.75 Å². The summed E-state index contributed by atoms with van der Waals surface area (Å²) in [7, 11) is 3.59. The molecule has 0 atom stereocenters. The summed E-state index contributed by atoms with van der Waals surface area (Å²) in [5.74, 6) is 1.78. The van der Waals surface area contributed by atoms with Crippen molar-refractivity contribution in [1.29, 1.82) is 0 Å². The smallest absolute Gasteiger partial charge is 0.191 e. The standard InChI is InChI=1S/C21H35N3O2.HI/c1-16(2)26-19-13-17(3)7-8-18(19)14-23-20(22-4)24-15-21(9-6-10-21)11-12-25-5;/h7-8,13,16H,6,9-12,14-15H2,1-5H3,(H2,22,23,24);1H. The minimum absolute atomic E-state index is 0. The Hall–Kier alpha value is -1.02. The van der Waals surface area contributed by atoms with Gasteiger partial charge in [-0.1, -0.05) is 18.6 Å². The highest BCUT2D eigenvalue weighted by Gasteiger charge is 2.36. The minimum atomic E-state index is 0. The minimum Gasteiger partial charge on any atom is -0.491 e. The summed E-state index contributed by atoms with van der Waals surface area (Å²) in [6, 6.07) is 6.34. The Kier molecular flexibility index (Phi) is 10.4. The van der Waals surface area contributed by atoms with Crippen molar-refractivity contribution in [3.63, 3.8) is 0 Å². The Labute approximate surface area is 181 Å². The molecule has 0 aliphatic heterocycles. The van der Waals surface area contributed by atoms with E-state index in [0.717, 1.165) is 36.8 Å². The largest absolute Gasteiger partial charge is 0.491 e. The van der Waals surface area contributed by atoms with Crippen LogP contribution in [0, 0.1) is 12.3 Å². The lowest BCUT2D eigenvalue weighted by Gasteiger charge is -2.42. The Balaban J connectivity index is 0.00000364. The van der Waals surface area contributed by atoms with Crippen molar-refractivity contribution in [2.75, 3.05) is 27.3 Å². The number of halogens is 1. The maximum absolute atomic E-state index is 5.96. The van der Waals surface area contributed by atoms with Gasteiger partial charge in [0.25, 0.3) is 0 Å². The second-order valence-corrected chi connectivity index (χ2v) is 7.65. The third-order valence-corrected chi connectivity index (χ3v) is 5.14. The number of nitrogens with zero attached hydrogens (tertiary/aromatic N) is 1. The van der Waals surface area contributed by atoms with Gasteiger partial charge < -0.3 is 20.1 Å². The van der Waals surface area contributed by atoms with Crippen molar-refractivity contribution in [1.82, 2.24) is 10.6 Å². The van der Waals surface area contributed by atoms with Gasteiger partial charge in [0.05, 0.1) is 6.10 Å². The van der Waals surface area contributed by atoms with E-state index in [1.54, 1.807) is 7.11 Å². The van der Waals surface area contributed by atoms with E-state index in [1.165, 1.54) is 24.8 Å². The lowest BCUT2D eigenvalue weighted by Crippen LogP contribution is -2.46. The Bertz CT molecular complexity index is 601. The molecule has 1 saturated carbocycles. The van der Waals surface area contributed by atoms with Gasteiger partial charge in [0.1, 0.15) is 5.75 Å². The molecule has 2 N–H and O–H groups in total. The van der Waals surface area contributed by atoms with Crippen molar-refractivity contribution in [3.05, 3.63) is 29.3 Å². The van der Waals surface area contributed by atoms with E-state index in [1.807, 2.05) is 7.05 Å². The first kappa shape index (κ1) is 24.0. The van der Waals surface area contributed by atoms with Gasteiger partial charge in [-0.3, -0.25) is 4.99 Å². The summed E-state index contributed by atoms with van der Waals surface area (Å²) >= 11 is 0. The highest BCUT2D eigenvalue weighted by Crippen LogP contribution is 2.43. The number of hydrogen-bond donors (Lipinski definition) is 2. The van der Waals surface area contributed by atoms with Crippen molar-refractivity contribution in [2.45, 2.75) is 59.1 Å². The molecule has 1 aromatic rings. The Morgan fingerprint density at radius 1 is 1.26 bits per heavy atom. The first-order valence-electron chi connectivity index (χ1n) is 9.68. The molecule has 1 aliphatic carbocycles. The molecule has 154 valence electrons. The van der Waals surface area contributed by atoms with Crippen LogP contribution in [0.3, 0.4) is 0 Å². The second kappa shape index (κ2) is 11.7. The number of nitrogens with one attached hydrogen (secondary N) is 2. The van der Waals surface area contributed by atoms with Crippen molar-refractivity contribution in [2.24, 2.45) is 10.4 Å². The first-order valence-corrected chi connectivity index (χ1v) is 9.68. The third kappa shape index (κ3) is 7.49. The molecule has 1 aromatic carbocycles. The van der Waals surface area contributed by atoms with Gasteiger partial charge in [0.2, 0.25) is 0 Å². The van der Waals surface area contributed by atoms with Crippen LogP contribution in [-0.2, 0) is 11.3 Å². The number of aryl methyl sites for hydroxylation is 1. The summed E-state index contributed by atoms with van der Waals surface area (Å²) in [6.45, 7) is 8.65. The molecule has 27 heavy (non-hydrogen) atoms. The molecule has 1 fully saturated rings. The van der Waals surface area contributed by atoms with Crippen LogP contribution in [0.25, 0.3) is 0 Å². The quantitative estimate of drug-likeness (QED) is 0.309. The maximum Gasteiger partial charge on any atom is 0.191 e. The van der Waals surface area contributed by atoms with Crippen LogP contribution in [0.2, 0.25) is 0 Å². The van der Waals surface area contributed by atoms with E-state index in [9.17, 15) is 0 Å². The van der Waals surface area contributed by atoms with E-state index in [0.29, 0.717) is 12.0 Å². The fourth-order valence-electron chi connectivity index (χ4n) is 3.35. The zero-order valence-corrected chi connectivity index (χ0v) is 19.8. The van der Waals surface area contributed by atoms with Gasteiger partial charge >= 0.3 is 0 Å². The van der Waals surface area contributed by atoms with Gasteiger partial charge in [0, 0.05) is 39.4 Å². The highest BCUT2D eigenvalue weighted by molar-refractivity contribution is 14.0. The number of guanidine groups is 1. The molecule has 0 heterocycles. The summed E-state index contributed by atoms with van der Waals surface area (Å²) in [4.78, 5) is 4.38. The topological polar surface area (TPSA) is 54.9 Å². The number of benzene rings is 1. The summed E-state index contributed by atoms with van der Waals surface area (Å²) in [6.07, 6.45) is 5.12. The average molecular weight is 489 g/mol. The van der Waals surface area contributed by atoms with E-state index in [-0.39, 0.29) is 30.1 Å². The van der Waals surface area contributed by atoms with Crippen LogP contribution in [0.4, 0.5) is 0 Å². The number of hydrogen-bond acceptors (Lipinski definition) is 3. The van der Waals surface area contributed by atoms with E-state index >= 15 is 0 Å². The first-order chi connectivity index (χ1) is 12.5. The predicted molar refractivity (Wildman–Crippen MR) is 123 cm³/mol. The molecule has 0 bridgehead atoms. The summed E-state index contributed by atoms with van der Waals surface area (Å²) in [5, 5.41) is 6.93. The molecule has 0 unspecified atom stereocenters. The zero-order chi connectivity index (χ0) is 19.0. The lowest BCUT2D eigenvalue weighted by molar-refractivity contribution is 0.0732. The van der Waals surface area contributed by atoms with Crippen molar-refractivity contribution >= 4 is 29.9 Å². The number of aliphatic imine (C=N–C) groups is 1. The van der Waals surface area contributed by atoms with Crippen LogP contribution in [0.15, 0.2) is 23.2 Å². The lowest BCUT2D eigenvalue weighted by atomic mass is 9.67. The molecular weight excluding hydrogens is 453 g/mol. The summed E-state index contributed by atoms with van der Waals surface area (Å²) < 4.78 is 11.2. The maximum atomic E-state index is 5.96. The Morgan fingerprint density at radius 2 is 2.00 bits per heavy atom. The van der Waals surface area contributed by atoms with Crippen LogP contribution < -0.4 is 15.4 Å². The molecule has 0 saturated heterocycles. The number of methoxy groups -OCH3 is 1. The normalized spacial score (nSPS) is 15.7. The van der Waals surface area contributed by atoms with Gasteiger partial charge in [-0.15, -0.1) is 24.0 Å². The average Bonchev–Trinajstić information content (AvgIpc) is 2.57. The molecule has 6 heteroatoms. The van der Waals surface area contributed by atoms with E-state index < -0.39 is 0 Å². The number of ether oxygens (including phenoxy) is 2. The highest BCUT2D eigenvalue weighted by atomic mass is 127. The van der Waals surface area contributed by atoms with E-state index in [2.05, 4.69) is 54.6 Å². The van der Waals surface area contributed by atoms with Crippen molar-refractivity contribution < 1.29 is 9.47 Å². The molecule has 0 aromatic heterocycles. The molecule has 0 amide bonds. The van der Waals surface area contributed by atoms with E-state index in [4.69, 9.17) is 9.47 Å². The fourth-order valence-corrected chi connectivity index (χ4v) is 3.35. The third-order valence-electron chi connectivity index (χ3n) is 5.14. The number of rotatable bonds is 9. The molecule has 5 nitrogen and oxygen atoms in total. The van der Waals surface area contributed by atoms with Gasteiger partial charge in [-0.2, -0.15) is 0 Å². The van der Waals surface area contributed by atoms with Crippen LogP contribution in [0.1, 0.15) is 50.7 Å². The van der Waals surface area contributed by atoms with Gasteiger partial charge in [0.15, 0.2) is 5.96 Å². The second-order valence-electron chi connectivity index (χ2n) is 7.65. The fraction of sp³-hybridized carbons (Fsp3) is 0.667. The summed E-state index contributed by atoms with van der Waals surface area (Å²) in [5.41, 5.74) is 2.71. The molecule has 0 radical (unpaired) electrons. The van der Waals surface area contributed by atoms with Crippen LogP contribution in [-0.4, -0.2) is 39.4 Å². The molecule has 2 rings (SSSR count). The van der Waals surface area contributed by atoms with Gasteiger partial charge in [-0.25, -0.2) is 0 Å². The molecule has 0 spiro atoms. The van der Waals surface area contributed by atoms with Gasteiger partial charge in [-0.05, 0) is 57.1 Å². The van der Waals surface area contributed by atoms with Crippen LogP contribution in [0.5, 0.6) is 5.75 Å². The van der Waals surface area contributed by atoms with Crippen LogP contribution >= 0.6 is 24.0 Å². The molecular formula is C21H36IN3O2. The SMILES string of the molecule is CN=C(NCc1ccc(C)cc1OC(C)C)NCC1(CCOC)CCC1.I. The molecule has 1 aliphatic rings.